The van der Waals surface area contributed by atoms with E-state index in [9.17, 15) is 14.7 Å². The zero-order valence-corrected chi connectivity index (χ0v) is 14.5. The summed E-state index contributed by atoms with van der Waals surface area (Å²) in [5, 5.41) is 9.52. The van der Waals surface area contributed by atoms with Gasteiger partial charge in [0.05, 0.1) is 11.1 Å². The molecule has 0 spiro atoms. The van der Waals surface area contributed by atoms with E-state index >= 15 is 0 Å². The summed E-state index contributed by atoms with van der Waals surface area (Å²) in [6, 6.07) is 3.41. The van der Waals surface area contributed by atoms with Crippen LogP contribution in [0.2, 0.25) is 0 Å². The van der Waals surface area contributed by atoms with Crippen LogP contribution in [0.4, 0.5) is 0 Å². The first-order valence-corrected chi connectivity index (χ1v) is 8.38. The normalized spacial score (nSPS) is 16.0. The Labute approximate surface area is 145 Å². The first-order valence-electron chi connectivity index (χ1n) is 8.38. The van der Waals surface area contributed by atoms with E-state index in [0.717, 1.165) is 31.9 Å². The average Bonchev–Trinajstić information content (AvgIpc) is 2.61. The van der Waals surface area contributed by atoms with Crippen molar-refractivity contribution >= 4 is 23.1 Å². The molecule has 1 aliphatic heterocycles. The SMILES string of the molecule is CCn1cc(C(=O)O)c(=O)c2ccc(/C=C/N3CCN(C)CC3)nc21. The maximum atomic E-state index is 12.3. The number of aromatic nitrogens is 2. The van der Waals surface area contributed by atoms with Gasteiger partial charge in [-0.2, -0.15) is 0 Å². The lowest BCUT2D eigenvalue weighted by atomic mass is 10.1. The molecule has 0 aliphatic carbocycles. The minimum absolute atomic E-state index is 0.225. The highest BCUT2D eigenvalue weighted by Gasteiger charge is 2.15. The number of fused-ring (bicyclic) bond motifs is 1. The van der Waals surface area contributed by atoms with E-state index < -0.39 is 11.4 Å². The lowest BCUT2D eigenvalue weighted by Crippen LogP contribution is -2.41. The van der Waals surface area contributed by atoms with Crippen LogP contribution in [0.1, 0.15) is 23.0 Å². The fourth-order valence-corrected chi connectivity index (χ4v) is 2.92. The summed E-state index contributed by atoms with van der Waals surface area (Å²) >= 11 is 0. The van der Waals surface area contributed by atoms with Gasteiger partial charge in [-0.15, -0.1) is 0 Å². The summed E-state index contributed by atoms with van der Waals surface area (Å²) in [4.78, 5) is 32.7. The second-order valence-electron chi connectivity index (χ2n) is 6.23. The smallest absolute Gasteiger partial charge is 0.341 e. The maximum absolute atomic E-state index is 12.3. The van der Waals surface area contributed by atoms with Crippen LogP contribution in [0.25, 0.3) is 17.1 Å². The third kappa shape index (κ3) is 3.56. The van der Waals surface area contributed by atoms with Crippen molar-refractivity contribution in [2.24, 2.45) is 0 Å². The van der Waals surface area contributed by atoms with Crippen molar-refractivity contribution in [3.63, 3.8) is 0 Å². The molecule has 0 atom stereocenters. The number of aryl methyl sites for hydroxylation is 1. The van der Waals surface area contributed by atoms with E-state index in [-0.39, 0.29) is 5.56 Å². The number of carbonyl (C=O) groups is 1. The number of hydrogen-bond donors (Lipinski definition) is 1. The molecule has 0 saturated carbocycles. The summed E-state index contributed by atoms with van der Waals surface area (Å²) in [5.41, 5.74) is 0.542. The zero-order chi connectivity index (χ0) is 18.0. The van der Waals surface area contributed by atoms with Gasteiger partial charge in [0.15, 0.2) is 0 Å². The third-order valence-corrected chi connectivity index (χ3v) is 4.51. The van der Waals surface area contributed by atoms with E-state index in [4.69, 9.17) is 0 Å². The molecule has 3 heterocycles. The molecular weight excluding hydrogens is 320 g/mol. The van der Waals surface area contributed by atoms with Gasteiger partial charge in [-0.1, -0.05) is 0 Å². The Bertz CT molecular complexity index is 880. The van der Waals surface area contributed by atoms with Gasteiger partial charge in [0.2, 0.25) is 5.43 Å². The predicted molar refractivity (Wildman–Crippen MR) is 96.7 cm³/mol. The molecule has 1 aliphatic rings. The Morgan fingerprint density at radius 3 is 2.64 bits per heavy atom. The van der Waals surface area contributed by atoms with Gasteiger partial charge in [0.1, 0.15) is 11.2 Å². The van der Waals surface area contributed by atoms with Gasteiger partial charge in [0.25, 0.3) is 0 Å². The van der Waals surface area contributed by atoms with Crippen LogP contribution >= 0.6 is 0 Å². The Morgan fingerprint density at radius 2 is 2.00 bits per heavy atom. The number of piperazine rings is 1. The minimum atomic E-state index is -1.21. The number of carboxylic acids is 1. The maximum Gasteiger partial charge on any atom is 0.341 e. The first kappa shape index (κ1) is 17.2. The highest BCUT2D eigenvalue weighted by molar-refractivity contribution is 5.91. The van der Waals surface area contributed by atoms with E-state index in [2.05, 4.69) is 21.8 Å². The van der Waals surface area contributed by atoms with Crippen LogP contribution < -0.4 is 5.43 Å². The standard InChI is InChI=1S/C18H22N4O3/c1-3-22-12-15(18(24)25)16(23)14-5-4-13(19-17(14)22)6-7-21-10-8-20(2)9-11-21/h4-7,12H,3,8-11H2,1-2H3,(H,24,25)/b7-6+. The van der Waals surface area contributed by atoms with Gasteiger partial charge >= 0.3 is 5.97 Å². The molecular formula is C18H22N4O3. The minimum Gasteiger partial charge on any atom is -0.477 e. The summed E-state index contributed by atoms with van der Waals surface area (Å²) in [5.74, 6) is -1.21. The average molecular weight is 342 g/mol. The predicted octanol–water partition coefficient (Wildman–Crippen LogP) is 1.33. The Kier molecular flexibility index (Phi) is 4.85. The number of rotatable bonds is 4. The van der Waals surface area contributed by atoms with Crippen molar-refractivity contribution in [3.8, 4) is 0 Å². The molecule has 132 valence electrons. The van der Waals surface area contributed by atoms with Crippen LogP contribution in [-0.4, -0.2) is 63.7 Å². The number of hydrogen-bond acceptors (Lipinski definition) is 5. The van der Waals surface area contributed by atoms with Crippen molar-refractivity contribution in [1.29, 1.82) is 0 Å². The quantitative estimate of drug-likeness (QED) is 0.903. The van der Waals surface area contributed by atoms with Crippen molar-refractivity contribution < 1.29 is 9.90 Å². The molecule has 0 aromatic carbocycles. The molecule has 1 fully saturated rings. The zero-order valence-electron chi connectivity index (χ0n) is 14.5. The molecule has 2 aromatic heterocycles. The molecule has 2 aromatic rings. The number of likely N-dealkylation sites (N-methyl/N-ethyl adjacent to an activating group) is 1. The summed E-state index contributed by atoms with van der Waals surface area (Å²) < 4.78 is 1.70. The van der Waals surface area contributed by atoms with Crippen LogP contribution in [0, 0.1) is 0 Å². The fraction of sp³-hybridized carbons (Fsp3) is 0.389. The Balaban J connectivity index is 1.95. The second kappa shape index (κ2) is 7.06. The monoisotopic (exact) mass is 342 g/mol. The lowest BCUT2D eigenvalue weighted by molar-refractivity contribution is 0.0695. The van der Waals surface area contributed by atoms with E-state index in [1.54, 1.807) is 16.7 Å². The molecule has 0 unspecified atom stereocenters. The molecule has 0 radical (unpaired) electrons. The van der Waals surface area contributed by atoms with E-state index in [1.165, 1.54) is 6.20 Å². The van der Waals surface area contributed by atoms with E-state index in [1.807, 2.05) is 19.2 Å². The highest BCUT2D eigenvalue weighted by atomic mass is 16.4. The summed E-state index contributed by atoms with van der Waals surface area (Å²) in [7, 11) is 2.11. The van der Waals surface area contributed by atoms with E-state index in [0.29, 0.717) is 17.6 Å². The van der Waals surface area contributed by atoms with Crippen LogP contribution in [0.15, 0.2) is 29.3 Å². The van der Waals surface area contributed by atoms with Crippen molar-refractivity contribution in [2.45, 2.75) is 13.5 Å². The van der Waals surface area contributed by atoms with Gasteiger partial charge in [0, 0.05) is 45.1 Å². The van der Waals surface area contributed by atoms with Crippen LogP contribution in [0.3, 0.4) is 0 Å². The first-order chi connectivity index (χ1) is 12.0. The molecule has 3 rings (SSSR count). The second-order valence-corrected chi connectivity index (χ2v) is 6.23. The third-order valence-electron chi connectivity index (χ3n) is 4.51. The number of nitrogens with zero attached hydrogens (tertiary/aromatic N) is 4. The largest absolute Gasteiger partial charge is 0.477 e. The summed E-state index contributed by atoms with van der Waals surface area (Å²) in [6.45, 7) is 6.44. The van der Waals surface area contributed by atoms with Crippen LogP contribution in [0.5, 0.6) is 0 Å². The topological polar surface area (TPSA) is 78.7 Å². The number of carboxylic acid groups (broad SMARTS) is 1. The van der Waals surface area contributed by atoms with Crippen molar-refractivity contribution in [1.82, 2.24) is 19.4 Å². The number of pyridine rings is 2. The molecule has 25 heavy (non-hydrogen) atoms. The Morgan fingerprint density at radius 1 is 1.28 bits per heavy atom. The van der Waals surface area contributed by atoms with Gasteiger partial charge in [-0.3, -0.25) is 4.79 Å². The molecule has 0 bridgehead atoms. The van der Waals surface area contributed by atoms with Crippen molar-refractivity contribution in [3.05, 3.63) is 46.0 Å². The molecule has 7 nitrogen and oxygen atoms in total. The fourth-order valence-electron chi connectivity index (χ4n) is 2.92. The summed E-state index contributed by atoms with van der Waals surface area (Å²) in [6.07, 6.45) is 5.33. The highest BCUT2D eigenvalue weighted by Crippen LogP contribution is 2.13. The van der Waals surface area contributed by atoms with Crippen LogP contribution in [-0.2, 0) is 6.54 Å². The van der Waals surface area contributed by atoms with Gasteiger partial charge < -0.3 is 19.5 Å². The van der Waals surface area contributed by atoms with Gasteiger partial charge in [-0.05, 0) is 32.2 Å². The molecule has 1 N–H and O–H groups in total. The number of aromatic carboxylic acids is 1. The Hall–Kier alpha value is -2.67. The molecule has 1 saturated heterocycles. The van der Waals surface area contributed by atoms with Crippen molar-refractivity contribution in [2.75, 3.05) is 33.2 Å². The lowest BCUT2D eigenvalue weighted by Gasteiger charge is -2.31. The van der Waals surface area contributed by atoms with Gasteiger partial charge in [-0.25, -0.2) is 9.78 Å². The molecule has 0 amide bonds. The molecule has 7 heteroatoms.